The minimum atomic E-state index is -1.06. The molecule has 0 spiro atoms. The summed E-state index contributed by atoms with van der Waals surface area (Å²) in [6.45, 7) is 0.0625. The first-order chi connectivity index (χ1) is 14.9. The Morgan fingerprint density at radius 3 is 2.71 bits per heavy atom. The minimum Gasteiger partial charge on any atom is -0.488 e. The summed E-state index contributed by atoms with van der Waals surface area (Å²) in [5.41, 5.74) is 4.03. The first-order valence-electron chi connectivity index (χ1n) is 9.72. The van der Waals surface area contributed by atoms with Gasteiger partial charge in [0.25, 0.3) is 0 Å². The number of benzene rings is 2. The van der Waals surface area contributed by atoms with E-state index in [1.807, 2.05) is 24.3 Å². The summed E-state index contributed by atoms with van der Waals surface area (Å²) in [7, 11) is 0. The average molecular weight is 503 g/mol. The van der Waals surface area contributed by atoms with Gasteiger partial charge in [-0.05, 0) is 72.9 Å². The molecular formula is C24H18BrClFNO3. The third kappa shape index (κ3) is 4.81. The third-order valence-corrected chi connectivity index (χ3v) is 5.89. The van der Waals surface area contributed by atoms with Gasteiger partial charge in [-0.1, -0.05) is 39.7 Å². The zero-order valence-electron chi connectivity index (χ0n) is 16.4. The largest absolute Gasteiger partial charge is 0.488 e. The standard InChI is InChI=1S/C24H18BrClFNO3/c25-15-8-10-23(31-13-14-7-9-16(26)12-20(14)27)19(11-15)17-3-1-4-18(17)21-5-2-6-22(28-21)24(29)30/h2,5-12H,1,3-4,13H2,(H,29,30). The van der Waals surface area contributed by atoms with Crippen LogP contribution in [0.5, 0.6) is 5.75 Å². The monoisotopic (exact) mass is 501 g/mol. The number of rotatable bonds is 6. The molecule has 3 aromatic rings. The molecular weight excluding hydrogens is 485 g/mol. The number of aromatic nitrogens is 1. The average Bonchev–Trinajstić information content (AvgIpc) is 3.23. The lowest BCUT2D eigenvalue weighted by Gasteiger charge is -2.15. The third-order valence-electron chi connectivity index (χ3n) is 5.16. The summed E-state index contributed by atoms with van der Waals surface area (Å²) >= 11 is 9.35. The first-order valence-corrected chi connectivity index (χ1v) is 10.9. The number of carbonyl (C=O) groups is 1. The van der Waals surface area contributed by atoms with Crippen LogP contribution in [0.1, 0.15) is 46.6 Å². The van der Waals surface area contributed by atoms with Crippen LogP contribution in [0.25, 0.3) is 11.1 Å². The van der Waals surface area contributed by atoms with E-state index in [0.717, 1.165) is 40.4 Å². The fourth-order valence-corrected chi connectivity index (χ4v) is 4.22. The van der Waals surface area contributed by atoms with Crippen LogP contribution in [0.3, 0.4) is 0 Å². The molecule has 0 fully saturated rings. The van der Waals surface area contributed by atoms with Crippen molar-refractivity contribution in [1.82, 2.24) is 4.98 Å². The van der Waals surface area contributed by atoms with Gasteiger partial charge in [0.05, 0.1) is 5.69 Å². The summed E-state index contributed by atoms with van der Waals surface area (Å²) in [6, 6.07) is 15.2. The van der Waals surface area contributed by atoms with E-state index in [9.17, 15) is 14.3 Å². The molecule has 4 rings (SSSR count). The van der Waals surface area contributed by atoms with Crippen LogP contribution in [-0.4, -0.2) is 16.1 Å². The van der Waals surface area contributed by atoms with Gasteiger partial charge < -0.3 is 9.84 Å². The minimum absolute atomic E-state index is 0.0141. The summed E-state index contributed by atoms with van der Waals surface area (Å²) < 4.78 is 21.1. The van der Waals surface area contributed by atoms with Gasteiger partial charge in [0.15, 0.2) is 0 Å². The number of hydrogen-bond donors (Lipinski definition) is 1. The topological polar surface area (TPSA) is 59.4 Å². The van der Waals surface area contributed by atoms with E-state index < -0.39 is 11.8 Å². The van der Waals surface area contributed by atoms with Gasteiger partial charge in [-0.2, -0.15) is 0 Å². The number of ether oxygens (including phenoxy) is 1. The quantitative estimate of drug-likeness (QED) is 0.394. The lowest BCUT2D eigenvalue weighted by Crippen LogP contribution is -2.03. The van der Waals surface area contributed by atoms with Gasteiger partial charge in [-0.25, -0.2) is 14.2 Å². The second kappa shape index (κ2) is 9.20. The Morgan fingerprint density at radius 1 is 1.13 bits per heavy atom. The van der Waals surface area contributed by atoms with Crippen LogP contribution in [-0.2, 0) is 6.61 Å². The highest BCUT2D eigenvalue weighted by Gasteiger charge is 2.22. The van der Waals surface area contributed by atoms with Gasteiger partial charge in [0.1, 0.15) is 23.9 Å². The van der Waals surface area contributed by atoms with Crippen molar-refractivity contribution in [2.24, 2.45) is 0 Å². The molecule has 0 amide bonds. The predicted octanol–water partition coefficient (Wildman–Crippen LogP) is 7.01. The molecule has 158 valence electrons. The number of nitrogens with zero attached hydrogens (tertiary/aromatic N) is 1. The Bertz CT molecular complexity index is 1200. The maximum Gasteiger partial charge on any atom is 0.354 e. The van der Waals surface area contributed by atoms with E-state index in [1.165, 1.54) is 12.1 Å². The first kappa shape index (κ1) is 21.5. The van der Waals surface area contributed by atoms with E-state index in [1.54, 1.807) is 18.2 Å². The number of carboxylic acids is 1. The van der Waals surface area contributed by atoms with Crippen LogP contribution < -0.4 is 4.74 Å². The normalized spacial score (nSPS) is 13.5. The van der Waals surface area contributed by atoms with Crippen molar-refractivity contribution in [3.8, 4) is 5.75 Å². The molecule has 0 unspecified atom stereocenters. The summed E-state index contributed by atoms with van der Waals surface area (Å²) in [6.07, 6.45) is 2.54. The van der Waals surface area contributed by atoms with Crippen molar-refractivity contribution in [3.05, 3.63) is 92.4 Å². The molecule has 0 bridgehead atoms. The molecule has 0 aliphatic heterocycles. The summed E-state index contributed by atoms with van der Waals surface area (Å²) in [4.78, 5) is 15.7. The summed E-state index contributed by atoms with van der Waals surface area (Å²) in [5.74, 6) is -0.846. The van der Waals surface area contributed by atoms with Crippen LogP contribution in [0.15, 0.2) is 59.1 Å². The Labute approximate surface area is 192 Å². The highest BCUT2D eigenvalue weighted by Crippen LogP contribution is 2.43. The van der Waals surface area contributed by atoms with Gasteiger partial charge in [-0.3, -0.25) is 0 Å². The van der Waals surface area contributed by atoms with Crippen molar-refractivity contribution in [1.29, 1.82) is 0 Å². The molecule has 0 saturated heterocycles. The van der Waals surface area contributed by atoms with Gasteiger partial charge >= 0.3 is 5.97 Å². The Balaban J connectivity index is 1.71. The fraction of sp³-hybridized carbons (Fsp3) is 0.167. The zero-order valence-corrected chi connectivity index (χ0v) is 18.7. The smallest absolute Gasteiger partial charge is 0.354 e. The van der Waals surface area contributed by atoms with E-state index in [-0.39, 0.29) is 12.3 Å². The van der Waals surface area contributed by atoms with Crippen LogP contribution in [0, 0.1) is 5.82 Å². The van der Waals surface area contributed by atoms with Crippen LogP contribution in [0.2, 0.25) is 5.02 Å². The number of hydrogen-bond acceptors (Lipinski definition) is 3. The van der Waals surface area contributed by atoms with E-state index >= 15 is 0 Å². The van der Waals surface area contributed by atoms with Gasteiger partial charge in [-0.15, -0.1) is 0 Å². The zero-order chi connectivity index (χ0) is 22.0. The maximum atomic E-state index is 14.2. The van der Waals surface area contributed by atoms with Crippen molar-refractivity contribution in [2.75, 3.05) is 0 Å². The van der Waals surface area contributed by atoms with Crippen molar-refractivity contribution >= 4 is 44.6 Å². The van der Waals surface area contributed by atoms with Crippen molar-refractivity contribution in [3.63, 3.8) is 0 Å². The molecule has 31 heavy (non-hydrogen) atoms. The molecule has 1 heterocycles. The maximum absolute atomic E-state index is 14.2. The molecule has 1 aromatic heterocycles. The lowest BCUT2D eigenvalue weighted by atomic mass is 9.99. The van der Waals surface area contributed by atoms with E-state index in [0.29, 0.717) is 22.0 Å². The Hall–Kier alpha value is -2.70. The second-order valence-corrected chi connectivity index (χ2v) is 8.54. The van der Waals surface area contributed by atoms with Crippen LogP contribution in [0.4, 0.5) is 4.39 Å². The molecule has 0 atom stereocenters. The summed E-state index contributed by atoms with van der Waals surface area (Å²) in [5, 5.41) is 9.63. The number of aromatic carboxylic acids is 1. The lowest BCUT2D eigenvalue weighted by molar-refractivity contribution is 0.0690. The van der Waals surface area contributed by atoms with Gasteiger partial charge in [0, 0.05) is 20.6 Å². The van der Waals surface area contributed by atoms with Crippen molar-refractivity contribution in [2.45, 2.75) is 25.9 Å². The molecule has 1 aliphatic carbocycles. The number of halogens is 3. The van der Waals surface area contributed by atoms with Crippen molar-refractivity contribution < 1.29 is 19.0 Å². The van der Waals surface area contributed by atoms with E-state index in [2.05, 4.69) is 20.9 Å². The second-order valence-electron chi connectivity index (χ2n) is 7.19. The number of pyridine rings is 1. The van der Waals surface area contributed by atoms with E-state index in [4.69, 9.17) is 16.3 Å². The fourth-order valence-electron chi connectivity index (χ4n) is 3.70. The predicted molar refractivity (Wildman–Crippen MR) is 122 cm³/mol. The molecule has 4 nitrogen and oxygen atoms in total. The number of carboxylic acid groups (broad SMARTS) is 1. The van der Waals surface area contributed by atoms with Crippen LogP contribution >= 0.6 is 27.5 Å². The van der Waals surface area contributed by atoms with Gasteiger partial charge in [0.2, 0.25) is 0 Å². The molecule has 0 radical (unpaired) electrons. The Kier molecular flexibility index (Phi) is 6.39. The molecule has 1 N–H and O–H groups in total. The highest BCUT2D eigenvalue weighted by molar-refractivity contribution is 9.10. The SMILES string of the molecule is O=C(O)c1cccc(C2=C(c3cc(Br)ccc3OCc3ccc(Cl)cc3F)CCC2)n1. The molecule has 0 saturated carbocycles. The molecule has 2 aromatic carbocycles. The molecule has 1 aliphatic rings. The Morgan fingerprint density at radius 2 is 1.94 bits per heavy atom. The molecule has 7 heteroatoms. The number of allylic oxidation sites excluding steroid dienone is 2. The highest BCUT2D eigenvalue weighted by atomic mass is 79.9.